The van der Waals surface area contributed by atoms with Gasteiger partial charge in [-0.05, 0) is 38.1 Å². The highest BCUT2D eigenvalue weighted by Crippen LogP contribution is 2.20. The fourth-order valence-corrected chi connectivity index (χ4v) is 2.85. The van der Waals surface area contributed by atoms with Gasteiger partial charge in [-0.15, -0.1) is 0 Å². The molecule has 0 radical (unpaired) electrons. The smallest absolute Gasteiger partial charge is 0.207 e. The summed E-state index contributed by atoms with van der Waals surface area (Å²) >= 11 is 3.35. The summed E-state index contributed by atoms with van der Waals surface area (Å²) in [4.78, 5) is 0.0188. The largest absolute Gasteiger partial charge is 0.241 e. The highest BCUT2D eigenvalue weighted by molar-refractivity contribution is 9.09. The zero-order chi connectivity index (χ0) is 13.3. The van der Waals surface area contributed by atoms with E-state index in [1.165, 1.54) is 12.1 Å². The Labute approximate surface area is 110 Å². The molecule has 0 aromatic heterocycles. The highest BCUT2D eigenvalue weighted by Gasteiger charge is 2.30. The molecule has 0 amide bonds. The number of nitrogens with one attached hydrogen (secondary N) is 1. The van der Waals surface area contributed by atoms with Crippen LogP contribution >= 0.6 is 15.9 Å². The molecule has 17 heavy (non-hydrogen) atoms. The first kappa shape index (κ1) is 14.6. The van der Waals surface area contributed by atoms with E-state index in [1.807, 2.05) is 6.92 Å². The average Bonchev–Trinajstić information content (AvgIpc) is 2.16. The van der Waals surface area contributed by atoms with Crippen molar-refractivity contribution < 1.29 is 12.8 Å². The standard InChI is InChI=1S/C11H15BrFNO2S/c1-8(12)11(2,3)14-17(15,16)10-6-4-9(13)5-7-10/h4-8,14H,1-3H3. The minimum Gasteiger partial charge on any atom is -0.207 e. The second-order valence-corrected chi connectivity index (χ2v) is 7.45. The van der Waals surface area contributed by atoms with Crippen LogP contribution in [0.2, 0.25) is 0 Å². The first-order chi connectivity index (χ1) is 7.65. The van der Waals surface area contributed by atoms with Crippen molar-refractivity contribution in [3.63, 3.8) is 0 Å². The van der Waals surface area contributed by atoms with Crippen LogP contribution in [0, 0.1) is 5.82 Å². The zero-order valence-electron chi connectivity index (χ0n) is 9.87. The molecule has 0 spiro atoms. The molecule has 0 heterocycles. The third-order valence-electron chi connectivity index (χ3n) is 2.52. The van der Waals surface area contributed by atoms with E-state index in [0.29, 0.717) is 0 Å². The Morgan fingerprint density at radius 1 is 1.29 bits per heavy atom. The number of sulfonamides is 1. The predicted molar refractivity (Wildman–Crippen MR) is 69.2 cm³/mol. The van der Waals surface area contributed by atoms with Gasteiger partial charge in [0.25, 0.3) is 0 Å². The lowest BCUT2D eigenvalue weighted by Crippen LogP contribution is -2.48. The van der Waals surface area contributed by atoms with E-state index in [4.69, 9.17) is 0 Å². The third kappa shape index (κ3) is 3.76. The number of benzene rings is 1. The number of alkyl halides is 1. The normalized spacial score (nSPS) is 14.6. The van der Waals surface area contributed by atoms with E-state index >= 15 is 0 Å². The number of hydrogen-bond acceptors (Lipinski definition) is 2. The summed E-state index contributed by atoms with van der Waals surface area (Å²) < 4.78 is 39.3. The molecular weight excluding hydrogens is 309 g/mol. The van der Waals surface area contributed by atoms with E-state index in [2.05, 4.69) is 20.7 Å². The molecular formula is C11H15BrFNO2S. The molecule has 6 heteroatoms. The van der Waals surface area contributed by atoms with Crippen LogP contribution in [0.5, 0.6) is 0 Å². The van der Waals surface area contributed by atoms with Gasteiger partial charge in [0.1, 0.15) is 5.82 Å². The summed E-state index contributed by atoms with van der Waals surface area (Å²) in [7, 11) is -3.63. The fourth-order valence-electron chi connectivity index (χ4n) is 1.10. The molecule has 0 bridgehead atoms. The lowest BCUT2D eigenvalue weighted by molar-refractivity contribution is 0.454. The Morgan fingerprint density at radius 3 is 2.18 bits per heavy atom. The monoisotopic (exact) mass is 323 g/mol. The van der Waals surface area contributed by atoms with Gasteiger partial charge in [0.05, 0.1) is 4.90 Å². The van der Waals surface area contributed by atoms with Crippen LogP contribution in [-0.4, -0.2) is 18.8 Å². The Bertz CT molecular complexity index is 483. The lowest BCUT2D eigenvalue weighted by Gasteiger charge is -2.28. The van der Waals surface area contributed by atoms with Crippen LogP contribution in [0.3, 0.4) is 0 Å². The first-order valence-corrected chi connectivity index (χ1v) is 7.49. The maximum atomic E-state index is 12.7. The Balaban J connectivity index is 3.01. The van der Waals surface area contributed by atoms with Gasteiger partial charge in [-0.2, -0.15) is 0 Å². The van der Waals surface area contributed by atoms with Crippen LogP contribution in [-0.2, 0) is 10.0 Å². The van der Waals surface area contributed by atoms with Gasteiger partial charge < -0.3 is 0 Å². The van der Waals surface area contributed by atoms with Crippen LogP contribution in [0.1, 0.15) is 20.8 Å². The quantitative estimate of drug-likeness (QED) is 0.866. The zero-order valence-corrected chi connectivity index (χ0v) is 12.3. The van der Waals surface area contributed by atoms with Crippen LogP contribution in [0.4, 0.5) is 4.39 Å². The first-order valence-electron chi connectivity index (χ1n) is 5.09. The Hall–Kier alpha value is -0.460. The molecule has 96 valence electrons. The predicted octanol–water partition coefficient (Wildman–Crippen LogP) is 2.67. The molecule has 0 saturated heterocycles. The van der Waals surface area contributed by atoms with E-state index in [-0.39, 0.29) is 9.72 Å². The fraction of sp³-hybridized carbons (Fsp3) is 0.455. The van der Waals surface area contributed by atoms with Crippen molar-refractivity contribution in [2.24, 2.45) is 0 Å². The molecule has 1 aromatic carbocycles. The molecule has 1 rings (SSSR count). The van der Waals surface area contributed by atoms with Gasteiger partial charge in [-0.25, -0.2) is 17.5 Å². The molecule has 0 aliphatic rings. The van der Waals surface area contributed by atoms with Crippen molar-refractivity contribution in [1.29, 1.82) is 0 Å². The number of hydrogen-bond donors (Lipinski definition) is 1. The summed E-state index contributed by atoms with van der Waals surface area (Å²) in [6, 6.07) is 4.73. The minimum absolute atomic E-state index is 0.0368. The van der Waals surface area contributed by atoms with Crippen molar-refractivity contribution >= 4 is 26.0 Å². The summed E-state index contributed by atoms with van der Waals surface area (Å²) in [5.41, 5.74) is -0.632. The third-order valence-corrected chi connectivity index (χ3v) is 5.35. The summed E-state index contributed by atoms with van der Waals surface area (Å²) in [5, 5.41) is 0. The number of halogens is 2. The van der Waals surface area contributed by atoms with Crippen molar-refractivity contribution in [3.8, 4) is 0 Å². The van der Waals surface area contributed by atoms with Gasteiger partial charge in [0, 0.05) is 10.4 Å². The molecule has 1 N–H and O–H groups in total. The molecule has 1 atom stereocenters. The van der Waals surface area contributed by atoms with Crippen molar-refractivity contribution in [3.05, 3.63) is 30.1 Å². The minimum atomic E-state index is -3.63. The second kappa shape index (κ2) is 5.04. The molecule has 1 unspecified atom stereocenters. The lowest BCUT2D eigenvalue weighted by atomic mass is 10.0. The molecule has 0 aliphatic carbocycles. The van der Waals surface area contributed by atoms with E-state index in [0.717, 1.165) is 12.1 Å². The second-order valence-electron chi connectivity index (χ2n) is 4.40. The van der Waals surface area contributed by atoms with Crippen LogP contribution in [0.25, 0.3) is 0 Å². The van der Waals surface area contributed by atoms with Crippen LogP contribution in [0.15, 0.2) is 29.2 Å². The molecule has 0 fully saturated rings. The van der Waals surface area contributed by atoms with Crippen molar-refractivity contribution in [1.82, 2.24) is 4.72 Å². The number of rotatable bonds is 4. The van der Waals surface area contributed by atoms with Gasteiger partial charge in [0.2, 0.25) is 10.0 Å². The van der Waals surface area contributed by atoms with Crippen molar-refractivity contribution in [2.45, 2.75) is 36.0 Å². The summed E-state index contributed by atoms with van der Waals surface area (Å²) in [6.07, 6.45) is 0. The summed E-state index contributed by atoms with van der Waals surface area (Å²) in [6.45, 7) is 5.40. The molecule has 3 nitrogen and oxygen atoms in total. The molecule has 0 aliphatic heterocycles. The maximum absolute atomic E-state index is 12.7. The van der Waals surface area contributed by atoms with Crippen LogP contribution < -0.4 is 4.72 Å². The molecule has 0 saturated carbocycles. The van der Waals surface area contributed by atoms with Crippen molar-refractivity contribution in [2.75, 3.05) is 0 Å². The van der Waals surface area contributed by atoms with E-state index < -0.39 is 21.4 Å². The average molecular weight is 324 g/mol. The summed E-state index contributed by atoms with van der Waals surface area (Å²) in [5.74, 6) is -0.461. The maximum Gasteiger partial charge on any atom is 0.241 e. The van der Waals surface area contributed by atoms with Gasteiger partial charge in [-0.1, -0.05) is 22.9 Å². The topological polar surface area (TPSA) is 46.2 Å². The Morgan fingerprint density at radius 2 is 1.76 bits per heavy atom. The SMILES string of the molecule is CC(Br)C(C)(C)NS(=O)(=O)c1ccc(F)cc1. The van der Waals surface area contributed by atoms with E-state index in [1.54, 1.807) is 13.8 Å². The molecule has 1 aromatic rings. The highest BCUT2D eigenvalue weighted by atomic mass is 79.9. The van der Waals surface area contributed by atoms with Gasteiger partial charge in [-0.3, -0.25) is 0 Å². The van der Waals surface area contributed by atoms with Gasteiger partial charge >= 0.3 is 0 Å². The van der Waals surface area contributed by atoms with E-state index in [9.17, 15) is 12.8 Å². The Kier molecular flexibility index (Phi) is 4.33. The van der Waals surface area contributed by atoms with Gasteiger partial charge in [0.15, 0.2) is 0 Å².